The molecule has 0 radical (unpaired) electrons. The number of nitrogens with one attached hydrogen (secondary N) is 2. The first-order valence-corrected chi connectivity index (χ1v) is 5.89. The van der Waals surface area contributed by atoms with Gasteiger partial charge in [-0.05, 0) is 19.3 Å². The molecule has 0 saturated heterocycles. The van der Waals surface area contributed by atoms with Crippen molar-refractivity contribution in [3.8, 4) is 0 Å². The molecular weight excluding hydrogens is 190 g/mol. The number of hydrogen-bond donors (Lipinski definition) is 5. The Kier molecular flexibility index (Phi) is 6.12. The Hall–Kier alpha value is -0.200. The second-order valence-corrected chi connectivity index (χ2v) is 4.33. The molecule has 3 atom stereocenters. The van der Waals surface area contributed by atoms with E-state index in [0.717, 1.165) is 38.9 Å². The number of nitrogens with two attached hydrogens (primary N) is 3. The van der Waals surface area contributed by atoms with Gasteiger partial charge in [-0.1, -0.05) is 0 Å². The maximum atomic E-state index is 5.92. The lowest BCUT2D eigenvalue weighted by Crippen LogP contribution is -2.51. The zero-order valence-corrected chi connectivity index (χ0v) is 9.41. The van der Waals surface area contributed by atoms with E-state index in [2.05, 4.69) is 10.6 Å². The van der Waals surface area contributed by atoms with Crippen LogP contribution in [0.4, 0.5) is 0 Å². The summed E-state index contributed by atoms with van der Waals surface area (Å²) in [4.78, 5) is 0. The second kappa shape index (κ2) is 7.14. The molecule has 15 heavy (non-hydrogen) atoms. The van der Waals surface area contributed by atoms with Crippen LogP contribution < -0.4 is 27.8 Å². The molecule has 0 amide bonds. The van der Waals surface area contributed by atoms with Crippen molar-refractivity contribution >= 4 is 0 Å². The third-order valence-electron chi connectivity index (χ3n) is 3.01. The van der Waals surface area contributed by atoms with Crippen LogP contribution in [-0.4, -0.2) is 44.3 Å². The Morgan fingerprint density at radius 1 is 1.00 bits per heavy atom. The molecule has 0 aromatic rings. The largest absolute Gasteiger partial charge is 0.329 e. The summed E-state index contributed by atoms with van der Waals surface area (Å²) >= 11 is 0. The smallest absolute Gasteiger partial charge is 0.0207 e. The molecule has 1 fully saturated rings. The quantitative estimate of drug-likeness (QED) is 0.341. The van der Waals surface area contributed by atoms with Gasteiger partial charge in [-0.3, -0.25) is 0 Å². The molecule has 5 nitrogen and oxygen atoms in total. The molecule has 90 valence electrons. The SMILES string of the molecule is NCCNCCNC1CC[C@@H](N)[C@H](N)C1. The Labute approximate surface area is 92.1 Å². The Morgan fingerprint density at radius 3 is 2.47 bits per heavy atom. The minimum atomic E-state index is 0.160. The topological polar surface area (TPSA) is 102 Å². The van der Waals surface area contributed by atoms with E-state index in [4.69, 9.17) is 17.2 Å². The first-order chi connectivity index (χ1) is 7.24. The lowest BCUT2D eigenvalue weighted by Gasteiger charge is -2.32. The van der Waals surface area contributed by atoms with E-state index in [1.54, 1.807) is 0 Å². The average Bonchev–Trinajstić information content (AvgIpc) is 2.23. The molecule has 8 N–H and O–H groups in total. The fourth-order valence-corrected chi connectivity index (χ4v) is 2.01. The zero-order chi connectivity index (χ0) is 11.1. The zero-order valence-electron chi connectivity index (χ0n) is 9.41. The fourth-order valence-electron chi connectivity index (χ4n) is 2.01. The van der Waals surface area contributed by atoms with Crippen molar-refractivity contribution in [3.63, 3.8) is 0 Å². The van der Waals surface area contributed by atoms with Crippen LogP contribution in [0, 0.1) is 0 Å². The van der Waals surface area contributed by atoms with E-state index in [1.165, 1.54) is 0 Å². The molecule has 1 unspecified atom stereocenters. The molecule has 0 bridgehead atoms. The summed E-state index contributed by atoms with van der Waals surface area (Å²) in [6, 6.07) is 0.895. The van der Waals surface area contributed by atoms with Crippen molar-refractivity contribution in [2.24, 2.45) is 17.2 Å². The molecule has 0 heterocycles. The van der Waals surface area contributed by atoms with Crippen molar-refractivity contribution < 1.29 is 0 Å². The fraction of sp³-hybridized carbons (Fsp3) is 1.00. The minimum absolute atomic E-state index is 0.160. The third kappa shape index (κ3) is 4.90. The van der Waals surface area contributed by atoms with Gasteiger partial charge >= 0.3 is 0 Å². The number of rotatable bonds is 6. The van der Waals surface area contributed by atoms with Gasteiger partial charge in [-0.15, -0.1) is 0 Å². The molecule has 1 aliphatic rings. The minimum Gasteiger partial charge on any atom is -0.329 e. The highest BCUT2D eigenvalue weighted by Gasteiger charge is 2.24. The normalized spacial score (nSPS) is 31.8. The van der Waals surface area contributed by atoms with E-state index in [9.17, 15) is 0 Å². The summed E-state index contributed by atoms with van der Waals surface area (Å²) in [5.74, 6) is 0. The molecule has 0 spiro atoms. The van der Waals surface area contributed by atoms with E-state index in [1.807, 2.05) is 0 Å². The van der Waals surface area contributed by atoms with Crippen molar-refractivity contribution in [3.05, 3.63) is 0 Å². The Morgan fingerprint density at radius 2 is 1.80 bits per heavy atom. The predicted octanol–water partition coefficient (Wildman–Crippen LogP) is -1.67. The summed E-state index contributed by atoms with van der Waals surface area (Å²) in [5.41, 5.74) is 17.2. The van der Waals surface area contributed by atoms with Crippen LogP contribution in [0.15, 0.2) is 0 Å². The summed E-state index contributed by atoms with van der Waals surface area (Å²) in [7, 11) is 0. The standard InChI is InChI=1S/C10H25N5/c11-3-4-14-5-6-15-8-1-2-9(12)10(13)7-8/h8-10,14-15H,1-7,11-13H2/t8?,9-,10-/m1/s1. The van der Waals surface area contributed by atoms with Gasteiger partial charge in [0, 0.05) is 44.3 Å². The van der Waals surface area contributed by atoms with Gasteiger partial charge in [0.2, 0.25) is 0 Å². The maximum Gasteiger partial charge on any atom is 0.0207 e. The maximum absolute atomic E-state index is 5.92. The molecule has 1 saturated carbocycles. The highest BCUT2D eigenvalue weighted by atomic mass is 15.0. The second-order valence-electron chi connectivity index (χ2n) is 4.33. The van der Waals surface area contributed by atoms with Gasteiger partial charge in [-0.25, -0.2) is 0 Å². The Balaban J connectivity index is 2.02. The van der Waals surface area contributed by atoms with E-state index in [0.29, 0.717) is 12.6 Å². The molecule has 1 rings (SSSR count). The molecule has 0 aromatic carbocycles. The first kappa shape index (κ1) is 12.9. The van der Waals surface area contributed by atoms with Gasteiger partial charge in [0.25, 0.3) is 0 Å². The van der Waals surface area contributed by atoms with Crippen molar-refractivity contribution in [2.45, 2.75) is 37.4 Å². The van der Waals surface area contributed by atoms with Crippen LogP contribution in [0.3, 0.4) is 0 Å². The van der Waals surface area contributed by atoms with Crippen LogP contribution >= 0.6 is 0 Å². The highest BCUT2D eigenvalue weighted by Crippen LogP contribution is 2.15. The summed E-state index contributed by atoms with van der Waals surface area (Å²) in [6.45, 7) is 3.53. The predicted molar refractivity (Wildman–Crippen MR) is 63.5 cm³/mol. The Bertz CT molecular complexity index is 164. The number of hydrogen-bond acceptors (Lipinski definition) is 5. The third-order valence-corrected chi connectivity index (χ3v) is 3.01. The highest BCUT2D eigenvalue weighted by molar-refractivity contribution is 4.88. The molecule has 0 aliphatic heterocycles. The van der Waals surface area contributed by atoms with Crippen LogP contribution in [0.25, 0.3) is 0 Å². The summed E-state index contributed by atoms with van der Waals surface area (Å²) in [6.07, 6.45) is 3.18. The van der Waals surface area contributed by atoms with E-state index >= 15 is 0 Å². The van der Waals surface area contributed by atoms with Crippen molar-refractivity contribution in [1.29, 1.82) is 0 Å². The van der Waals surface area contributed by atoms with Gasteiger partial charge in [0.15, 0.2) is 0 Å². The molecule has 1 aliphatic carbocycles. The van der Waals surface area contributed by atoms with Crippen LogP contribution in [0.1, 0.15) is 19.3 Å². The van der Waals surface area contributed by atoms with Crippen LogP contribution in [0.2, 0.25) is 0 Å². The van der Waals surface area contributed by atoms with Gasteiger partial charge < -0.3 is 27.8 Å². The van der Waals surface area contributed by atoms with Gasteiger partial charge in [0.05, 0.1) is 0 Å². The monoisotopic (exact) mass is 215 g/mol. The van der Waals surface area contributed by atoms with Crippen LogP contribution in [-0.2, 0) is 0 Å². The summed E-state index contributed by atoms with van der Waals surface area (Å²) < 4.78 is 0. The van der Waals surface area contributed by atoms with Crippen molar-refractivity contribution in [2.75, 3.05) is 26.2 Å². The lowest BCUT2D eigenvalue weighted by atomic mass is 9.88. The molecule has 5 heteroatoms. The van der Waals surface area contributed by atoms with Gasteiger partial charge in [-0.2, -0.15) is 0 Å². The van der Waals surface area contributed by atoms with E-state index < -0.39 is 0 Å². The lowest BCUT2D eigenvalue weighted by molar-refractivity contribution is 0.307. The first-order valence-electron chi connectivity index (χ1n) is 5.89. The van der Waals surface area contributed by atoms with E-state index in [-0.39, 0.29) is 12.1 Å². The van der Waals surface area contributed by atoms with Gasteiger partial charge in [0.1, 0.15) is 0 Å². The average molecular weight is 215 g/mol. The molecular formula is C10H25N5. The summed E-state index contributed by atoms with van der Waals surface area (Å²) in [5, 5.41) is 6.74. The van der Waals surface area contributed by atoms with Crippen LogP contribution in [0.5, 0.6) is 0 Å². The molecule has 0 aromatic heterocycles. The van der Waals surface area contributed by atoms with Crippen molar-refractivity contribution in [1.82, 2.24) is 10.6 Å².